The van der Waals surface area contributed by atoms with Crippen LogP contribution in [0.3, 0.4) is 0 Å². The van der Waals surface area contributed by atoms with Gasteiger partial charge in [-0.05, 0) is 18.2 Å². The van der Waals surface area contributed by atoms with Crippen LogP contribution in [0.1, 0.15) is 32.3 Å². The number of rotatable bonds is 6. The quantitative estimate of drug-likeness (QED) is 0.721. The first kappa shape index (κ1) is 13.9. The number of hydrogen-bond acceptors (Lipinski definition) is 4. The van der Waals surface area contributed by atoms with Crippen LogP contribution in [-0.4, -0.2) is 17.7 Å². The molecule has 18 heavy (non-hydrogen) atoms. The van der Waals surface area contributed by atoms with Crippen molar-refractivity contribution in [1.29, 1.82) is 5.26 Å². The molecular formula is C14H15NO3. The third-order valence-electron chi connectivity index (χ3n) is 2.50. The van der Waals surface area contributed by atoms with Crippen LogP contribution in [0.15, 0.2) is 24.3 Å². The molecule has 0 aliphatic carbocycles. The van der Waals surface area contributed by atoms with Crippen molar-refractivity contribution in [1.82, 2.24) is 0 Å². The minimum atomic E-state index is -1.06. The van der Waals surface area contributed by atoms with Gasteiger partial charge in [-0.1, -0.05) is 19.9 Å². The van der Waals surface area contributed by atoms with Crippen LogP contribution in [0.2, 0.25) is 0 Å². The van der Waals surface area contributed by atoms with Crippen LogP contribution in [0.4, 0.5) is 0 Å². The van der Waals surface area contributed by atoms with E-state index in [0.717, 1.165) is 0 Å². The summed E-state index contributed by atoms with van der Waals surface area (Å²) in [5, 5.41) is 8.77. The van der Waals surface area contributed by atoms with Gasteiger partial charge in [0.25, 0.3) is 0 Å². The van der Waals surface area contributed by atoms with E-state index >= 15 is 0 Å². The molecule has 0 saturated carbocycles. The van der Waals surface area contributed by atoms with Crippen LogP contribution in [0, 0.1) is 11.3 Å². The number of ketones is 2. The van der Waals surface area contributed by atoms with Gasteiger partial charge in [0.2, 0.25) is 6.10 Å². The van der Waals surface area contributed by atoms with Crippen molar-refractivity contribution in [2.75, 3.05) is 0 Å². The highest BCUT2D eigenvalue weighted by Gasteiger charge is 2.25. The standard InChI is InChI=1S/C14H15NO3/c1-3-12(16)14(13(17)4-2)18-11-7-5-6-10(8-11)9-15/h5-8,14H,3-4H2,1-2H3. The van der Waals surface area contributed by atoms with Crippen LogP contribution in [-0.2, 0) is 9.59 Å². The lowest BCUT2D eigenvalue weighted by atomic mass is 10.1. The molecule has 4 nitrogen and oxygen atoms in total. The third-order valence-corrected chi connectivity index (χ3v) is 2.50. The molecule has 0 saturated heterocycles. The zero-order valence-corrected chi connectivity index (χ0v) is 10.5. The van der Waals surface area contributed by atoms with Gasteiger partial charge in [0.05, 0.1) is 11.6 Å². The minimum absolute atomic E-state index is 0.244. The van der Waals surface area contributed by atoms with Gasteiger partial charge in [0.1, 0.15) is 5.75 Å². The Labute approximate surface area is 106 Å². The first-order valence-electron chi connectivity index (χ1n) is 5.84. The van der Waals surface area contributed by atoms with Crippen LogP contribution < -0.4 is 4.74 Å². The summed E-state index contributed by atoms with van der Waals surface area (Å²) in [6.45, 7) is 3.38. The van der Waals surface area contributed by atoms with Crippen molar-refractivity contribution in [2.45, 2.75) is 32.8 Å². The molecule has 0 fully saturated rings. The van der Waals surface area contributed by atoms with Gasteiger partial charge in [-0.3, -0.25) is 9.59 Å². The number of nitriles is 1. The lowest BCUT2D eigenvalue weighted by Crippen LogP contribution is -2.35. The second kappa shape index (κ2) is 6.55. The van der Waals surface area contributed by atoms with Crippen molar-refractivity contribution in [3.63, 3.8) is 0 Å². The van der Waals surface area contributed by atoms with Gasteiger partial charge in [0.15, 0.2) is 11.6 Å². The van der Waals surface area contributed by atoms with Crippen molar-refractivity contribution < 1.29 is 14.3 Å². The first-order valence-corrected chi connectivity index (χ1v) is 5.84. The molecule has 4 heteroatoms. The summed E-state index contributed by atoms with van der Waals surface area (Å²) >= 11 is 0. The molecule has 0 aliphatic heterocycles. The molecule has 94 valence electrons. The summed E-state index contributed by atoms with van der Waals surface area (Å²) < 4.78 is 5.41. The molecule has 0 amide bonds. The average Bonchev–Trinajstić information content (AvgIpc) is 2.43. The zero-order valence-electron chi connectivity index (χ0n) is 10.5. The van der Waals surface area contributed by atoms with E-state index in [1.165, 1.54) is 6.07 Å². The van der Waals surface area contributed by atoms with E-state index in [1.54, 1.807) is 32.0 Å². The van der Waals surface area contributed by atoms with Gasteiger partial charge in [0, 0.05) is 12.8 Å². The number of ether oxygens (including phenoxy) is 1. The number of Topliss-reactive ketones (excluding diaryl/α,β-unsaturated/α-hetero) is 2. The summed E-state index contributed by atoms with van der Waals surface area (Å²) in [7, 11) is 0. The molecule has 0 bridgehead atoms. The van der Waals surface area contributed by atoms with Gasteiger partial charge in [-0.2, -0.15) is 5.26 Å². The SMILES string of the molecule is CCC(=O)C(Oc1cccc(C#N)c1)C(=O)CC. The number of benzene rings is 1. The fourth-order valence-electron chi connectivity index (χ4n) is 1.46. The van der Waals surface area contributed by atoms with Gasteiger partial charge in [-0.15, -0.1) is 0 Å². The van der Waals surface area contributed by atoms with E-state index in [-0.39, 0.29) is 24.4 Å². The van der Waals surface area contributed by atoms with Gasteiger partial charge in [-0.25, -0.2) is 0 Å². The highest BCUT2D eigenvalue weighted by Crippen LogP contribution is 2.16. The van der Waals surface area contributed by atoms with Crippen molar-refractivity contribution >= 4 is 11.6 Å². The molecule has 0 atom stereocenters. The number of hydrogen-bond donors (Lipinski definition) is 0. The smallest absolute Gasteiger partial charge is 0.214 e. The van der Waals surface area contributed by atoms with E-state index in [0.29, 0.717) is 11.3 Å². The molecule has 0 unspecified atom stereocenters. The Hall–Kier alpha value is -2.15. The molecule has 0 radical (unpaired) electrons. The largest absolute Gasteiger partial charge is 0.475 e. The molecule has 1 aromatic carbocycles. The van der Waals surface area contributed by atoms with Crippen molar-refractivity contribution in [2.24, 2.45) is 0 Å². The number of carbonyl (C=O) groups is 2. The Kier molecular flexibility index (Phi) is 5.06. The van der Waals surface area contributed by atoms with Gasteiger partial charge >= 0.3 is 0 Å². The zero-order chi connectivity index (χ0) is 13.5. The maximum atomic E-state index is 11.7. The third kappa shape index (κ3) is 3.42. The Morgan fingerprint density at radius 3 is 2.39 bits per heavy atom. The Morgan fingerprint density at radius 2 is 1.89 bits per heavy atom. The topological polar surface area (TPSA) is 67.2 Å². The summed E-state index contributed by atoms with van der Waals surface area (Å²) in [6, 6.07) is 8.40. The van der Waals surface area contributed by atoms with E-state index in [1.807, 2.05) is 6.07 Å². The molecule has 0 heterocycles. The first-order chi connectivity index (χ1) is 8.62. The minimum Gasteiger partial charge on any atom is -0.475 e. The fraction of sp³-hybridized carbons (Fsp3) is 0.357. The highest BCUT2D eigenvalue weighted by molar-refractivity contribution is 6.05. The normalized spacial score (nSPS) is 9.89. The predicted octanol–water partition coefficient (Wildman–Crippen LogP) is 2.26. The Balaban J connectivity index is 2.92. The Bertz CT molecular complexity index is 472. The lowest BCUT2D eigenvalue weighted by molar-refractivity contribution is -0.136. The monoisotopic (exact) mass is 245 g/mol. The number of nitrogens with zero attached hydrogens (tertiary/aromatic N) is 1. The van der Waals surface area contributed by atoms with Crippen LogP contribution in [0.5, 0.6) is 5.75 Å². The van der Waals surface area contributed by atoms with E-state index in [4.69, 9.17) is 10.00 Å². The molecular weight excluding hydrogens is 230 g/mol. The second-order valence-corrected chi connectivity index (χ2v) is 3.78. The molecule has 1 aromatic rings. The highest BCUT2D eigenvalue weighted by atomic mass is 16.5. The summed E-state index contributed by atoms with van der Waals surface area (Å²) in [5.74, 6) is -0.129. The second-order valence-electron chi connectivity index (χ2n) is 3.78. The molecule has 0 aliphatic rings. The Morgan fingerprint density at radius 1 is 1.28 bits per heavy atom. The van der Waals surface area contributed by atoms with E-state index in [9.17, 15) is 9.59 Å². The van der Waals surface area contributed by atoms with Gasteiger partial charge < -0.3 is 4.74 Å². The molecule has 0 aromatic heterocycles. The van der Waals surface area contributed by atoms with Crippen molar-refractivity contribution in [3.8, 4) is 11.8 Å². The van der Waals surface area contributed by atoms with Crippen LogP contribution >= 0.6 is 0 Å². The van der Waals surface area contributed by atoms with Crippen molar-refractivity contribution in [3.05, 3.63) is 29.8 Å². The van der Waals surface area contributed by atoms with E-state index < -0.39 is 6.10 Å². The van der Waals surface area contributed by atoms with Crippen LogP contribution in [0.25, 0.3) is 0 Å². The van der Waals surface area contributed by atoms with E-state index in [2.05, 4.69) is 0 Å². The molecule has 0 spiro atoms. The lowest BCUT2D eigenvalue weighted by Gasteiger charge is -2.15. The molecule has 1 rings (SSSR count). The average molecular weight is 245 g/mol. The maximum Gasteiger partial charge on any atom is 0.214 e. The maximum absolute atomic E-state index is 11.7. The predicted molar refractivity (Wildman–Crippen MR) is 66.2 cm³/mol. The summed E-state index contributed by atoms with van der Waals surface area (Å²) in [5.41, 5.74) is 0.430. The molecule has 0 N–H and O–H groups in total. The number of carbonyl (C=O) groups excluding carboxylic acids is 2. The summed E-state index contributed by atoms with van der Waals surface area (Å²) in [6.07, 6.45) is -0.572. The summed E-state index contributed by atoms with van der Waals surface area (Å²) in [4.78, 5) is 23.3. The fourth-order valence-corrected chi connectivity index (χ4v) is 1.46.